The van der Waals surface area contributed by atoms with Gasteiger partial charge in [-0.05, 0) is 17.0 Å². The molecule has 126 valence electrons. The van der Waals surface area contributed by atoms with Gasteiger partial charge in [-0.3, -0.25) is 10.1 Å². The Morgan fingerprint density at radius 2 is 2.12 bits per heavy atom. The summed E-state index contributed by atoms with van der Waals surface area (Å²) in [6.07, 6.45) is 3.85. The van der Waals surface area contributed by atoms with Crippen LogP contribution in [0.5, 0.6) is 0 Å². The molecule has 3 aromatic heterocycles. The molecule has 12 heteroatoms. The van der Waals surface area contributed by atoms with E-state index in [0.29, 0.717) is 16.6 Å². The van der Waals surface area contributed by atoms with Gasteiger partial charge in [-0.15, -0.1) is 0 Å². The Kier molecular flexibility index (Phi) is 2.94. The van der Waals surface area contributed by atoms with Crippen LogP contribution < -0.4 is 4.60 Å². The summed E-state index contributed by atoms with van der Waals surface area (Å²) in [5.74, 6) is -1.17. The highest BCUT2D eigenvalue weighted by atomic mass is 16.8. The van der Waals surface area contributed by atoms with Gasteiger partial charge in [0.25, 0.3) is 22.8 Å². The second kappa shape index (κ2) is 5.02. The molecule has 1 atom stereocenters. The molecule has 3 aromatic rings. The lowest BCUT2D eigenvalue weighted by Crippen LogP contribution is -2.30. The standard InChI is InChI=1S/C13H8N6O6/c20-17(21)8-4-9(18(22)23)11-12(19(24)25-16-11)10(8)7-5-15-13-6(7)2-1-3-14-13/h1-5,10,16H,(H-,14,15,22,23). The highest BCUT2D eigenvalue weighted by Gasteiger charge is 2.48. The van der Waals surface area contributed by atoms with Crippen molar-refractivity contribution in [3.8, 4) is 0 Å². The van der Waals surface area contributed by atoms with Gasteiger partial charge in [0.05, 0.1) is 11.0 Å². The predicted octanol–water partition coefficient (Wildman–Crippen LogP) is 0.502. The first-order valence-corrected chi connectivity index (χ1v) is 6.93. The Labute approximate surface area is 136 Å². The Morgan fingerprint density at radius 3 is 2.84 bits per heavy atom. The van der Waals surface area contributed by atoms with Gasteiger partial charge in [-0.1, -0.05) is 9.79 Å². The second-order valence-electron chi connectivity index (χ2n) is 5.26. The van der Waals surface area contributed by atoms with Crippen molar-refractivity contribution in [2.75, 3.05) is 0 Å². The van der Waals surface area contributed by atoms with E-state index in [9.17, 15) is 25.4 Å². The monoisotopic (exact) mass is 344 g/mol. The van der Waals surface area contributed by atoms with Crippen LogP contribution in [-0.4, -0.2) is 30.7 Å². The van der Waals surface area contributed by atoms with Crippen LogP contribution in [0.25, 0.3) is 11.0 Å². The van der Waals surface area contributed by atoms with Crippen LogP contribution in [0.1, 0.15) is 22.9 Å². The minimum absolute atomic E-state index is 0.00913. The topological polar surface area (TPSA) is 173 Å². The van der Waals surface area contributed by atoms with Gasteiger partial charge in [0.2, 0.25) is 0 Å². The zero-order valence-corrected chi connectivity index (χ0v) is 12.2. The summed E-state index contributed by atoms with van der Waals surface area (Å²) in [6, 6.07) is 3.32. The quantitative estimate of drug-likeness (QED) is 0.386. The number of H-pyrrole nitrogens is 2. The van der Waals surface area contributed by atoms with Crippen molar-refractivity contribution in [3.05, 3.63) is 78.7 Å². The molecule has 0 fully saturated rings. The minimum Gasteiger partial charge on any atom is -0.612 e. The summed E-state index contributed by atoms with van der Waals surface area (Å²) in [7, 11) is 0. The molecule has 0 spiro atoms. The number of nitrogens with one attached hydrogen (secondary N) is 2. The maximum atomic E-state index is 12.0. The summed E-state index contributed by atoms with van der Waals surface area (Å²) >= 11 is 0. The lowest BCUT2D eigenvalue weighted by Gasteiger charge is -2.14. The van der Waals surface area contributed by atoms with Crippen molar-refractivity contribution >= 4 is 16.7 Å². The molecule has 0 bridgehead atoms. The number of nitro groups is 1. The molecule has 12 nitrogen and oxygen atoms in total. The van der Waals surface area contributed by atoms with E-state index in [1.54, 1.807) is 12.1 Å². The summed E-state index contributed by atoms with van der Waals surface area (Å²) in [5.41, 5.74) is -0.748. The molecule has 0 radical (unpaired) electrons. The average molecular weight is 344 g/mol. The third-order valence-electron chi connectivity index (χ3n) is 4.00. The molecule has 0 saturated carbocycles. The SMILES string of the molecule is O=[N+]([O-])C1=CC(=[N+]([O-])[O-])c2[nH]o[n+](=O)c2C1c1c[nH]c2ncccc12. The summed E-state index contributed by atoms with van der Waals surface area (Å²) in [6.45, 7) is 0. The van der Waals surface area contributed by atoms with E-state index in [1.807, 2.05) is 0 Å². The normalized spacial score (nSPS) is 16.6. The fraction of sp³-hybridized carbons (Fsp3) is 0.0769. The fourth-order valence-electron chi connectivity index (χ4n) is 2.97. The predicted molar refractivity (Wildman–Crippen MR) is 80.5 cm³/mol. The Morgan fingerprint density at radius 1 is 1.32 bits per heavy atom. The van der Waals surface area contributed by atoms with Gasteiger partial charge >= 0.3 is 0 Å². The van der Waals surface area contributed by atoms with Gasteiger partial charge in [0.15, 0.2) is 10.5 Å². The lowest BCUT2D eigenvalue weighted by atomic mass is 9.86. The van der Waals surface area contributed by atoms with E-state index >= 15 is 0 Å². The molecule has 1 unspecified atom stereocenters. The third-order valence-corrected chi connectivity index (χ3v) is 4.00. The zero-order valence-electron chi connectivity index (χ0n) is 12.2. The fourth-order valence-corrected chi connectivity index (χ4v) is 2.97. The number of aromatic nitrogens is 4. The van der Waals surface area contributed by atoms with Gasteiger partial charge in [-0.2, -0.15) is 4.90 Å². The number of hydrogen-bond donors (Lipinski definition) is 2. The highest BCUT2D eigenvalue weighted by molar-refractivity contribution is 6.06. The number of aromatic amines is 2. The largest absolute Gasteiger partial charge is 0.612 e. The second-order valence-corrected chi connectivity index (χ2v) is 5.26. The number of pyridine rings is 1. The lowest BCUT2D eigenvalue weighted by molar-refractivity contribution is -0.720. The van der Waals surface area contributed by atoms with E-state index in [2.05, 4.69) is 19.8 Å². The third kappa shape index (κ3) is 2.00. The summed E-state index contributed by atoms with van der Waals surface area (Å²) in [4.78, 5) is 29.0. The van der Waals surface area contributed by atoms with E-state index in [4.69, 9.17) is 0 Å². The van der Waals surface area contributed by atoms with E-state index in [1.165, 1.54) is 12.4 Å². The molecule has 4 rings (SSSR count). The summed E-state index contributed by atoms with van der Waals surface area (Å²) < 4.78 is 4.60. The van der Waals surface area contributed by atoms with Crippen LogP contribution in [-0.2, 0) is 0 Å². The van der Waals surface area contributed by atoms with Gasteiger partial charge in [-0.25, -0.2) is 4.98 Å². The van der Waals surface area contributed by atoms with Crippen LogP contribution in [0.2, 0.25) is 0 Å². The molecule has 0 aromatic carbocycles. The first-order chi connectivity index (χ1) is 12.0. The van der Waals surface area contributed by atoms with Crippen molar-refractivity contribution < 1.29 is 19.1 Å². The van der Waals surface area contributed by atoms with Crippen LogP contribution in [0, 0.1) is 25.4 Å². The molecule has 0 amide bonds. The van der Waals surface area contributed by atoms with E-state index in [0.717, 1.165) is 6.08 Å². The number of fused-ring (bicyclic) bond motifs is 2. The first kappa shape index (κ1) is 14.6. The molecule has 2 N–H and O–H groups in total. The number of allylic oxidation sites excluding steroid dienone is 2. The molecular weight excluding hydrogens is 336 g/mol. The number of rotatable bonds is 2. The van der Waals surface area contributed by atoms with Crippen molar-refractivity contribution in [2.45, 2.75) is 5.92 Å². The van der Waals surface area contributed by atoms with Crippen molar-refractivity contribution in [3.63, 3.8) is 0 Å². The molecule has 3 heterocycles. The van der Waals surface area contributed by atoms with Gasteiger partial charge in [0, 0.05) is 23.3 Å². The van der Waals surface area contributed by atoms with Gasteiger partial charge < -0.3 is 15.4 Å². The van der Waals surface area contributed by atoms with Crippen LogP contribution in [0.4, 0.5) is 0 Å². The Hall–Kier alpha value is -3.96. The summed E-state index contributed by atoms with van der Waals surface area (Å²) in [5, 5.41) is 36.7. The Bertz CT molecular complexity index is 1130. The van der Waals surface area contributed by atoms with Gasteiger partial charge in [0.1, 0.15) is 5.65 Å². The molecule has 25 heavy (non-hydrogen) atoms. The van der Waals surface area contributed by atoms with Crippen LogP contribution >= 0.6 is 0 Å². The van der Waals surface area contributed by atoms with Crippen molar-refractivity contribution in [1.29, 1.82) is 0 Å². The smallest absolute Gasteiger partial charge is 0.289 e. The number of hydrogen-bond acceptors (Lipinski definition) is 7. The zero-order chi connectivity index (χ0) is 17.7. The average Bonchev–Trinajstić information content (AvgIpc) is 3.17. The van der Waals surface area contributed by atoms with E-state index < -0.39 is 27.2 Å². The van der Waals surface area contributed by atoms with Crippen molar-refractivity contribution in [1.82, 2.24) is 15.1 Å². The molecule has 1 aliphatic carbocycles. The van der Waals surface area contributed by atoms with E-state index in [-0.39, 0.29) is 16.0 Å². The van der Waals surface area contributed by atoms with Crippen LogP contribution in [0.15, 0.2) is 40.9 Å². The number of nitrogens with zero attached hydrogens (tertiary/aromatic N) is 4. The molecular formula is C13H8N6O6. The Balaban J connectivity index is 2.08. The molecule has 1 aliphatic rings. The highest BCUT2D eigenvalue weighted by Crippen LogP contribution is 2.38. The van der Waals surface area contributed by atoms with Crippen LogP contribution in [0.3, 0.4) is 0 Å². The van der Waals surface area contributed by atoms with Crippen molar-refractivity contribution in [2.24, 2.45) is 0 Å². The molecule has 0 aliphatic heterocycles. The maximum absolute atomic E-state index is 12.0. The first-order valence-electron chi connectivity index (χ1n) is 6.93. The molecule has 0 saturated heterocycles. The maximum Gasteiger partial charge on any atom is 0.289 e. The minimum atomic E-state index is -1.17.